The van der Waals surface area contributed by atoms with Crippen LogP contribution >= 0.6 is 0 Å². The molecule has 3 rings (SSSR count). The van der Waals surface area contributed by atoms with Gasteiger partial charge in [0.2, 0.25) is 0 Å². The second kappa shape index (κ2) is 12.8. The zero-order valence-electron chi connectivity index (χ0n) is 20.7. The Morgan fingerprint density at radius 1 is 1.11 bits per heavy atom. The Labute approximate surface area is 213 Å². The van der Waals surface area contributed by atoms with Gasteiger partial charge in [0, 0.05) is 20.6 Å². The summed E-state index contributed by atoms with van der Waals surface area (Å²) in [4.78, 5) is 17.7. The minimum absolute atomic E-state index is 0.0697. The molecule has 0 amide bonds. The molecule has 0 fully saturated rings. The van der Waals surface area contributed by atoms with Crippen LogP contribution in [0.4, 0.5) is 21.7 Å². The lowest BCUT2D eigenvalue weighted by Gasteiger charge is -2.24. The maximum Gasteiger partial charge on any atom is 0.196 e. The zero-order valence-corrected chi connectivity index (χ0v) is 21.5. The van der Waals surface area contributed by atoms with Crippen molar-refractivity contribution in [2.45, 2.75) is 13.2 Å². The minimum Gasteiger partial charge on any atom is -0.497 e. The highest BCUT2D eigenvalue weighted by molar-refractivity contribution is 7.84. The maximum atomic E-state index is 15.4. The quantitative estimate of drug-likeness (QED) is 0.337. The van der Waals surface area contributed by atoms with Crippen LogP contribution in [0, 0.1) is 5.82 Å². The van der Waals surface area contributed by atoms with Gasteiger partial charge in [0.15, 0.2) is 17.0 Å². The molecule has 36 heavy (non-hydrogen) atoms. The Bertz CT molecular complexity index is 1190. The van der Waals surface area contributed by atoms with Gasteiger partial charge in [0.05, 0.1) is 13.7 Å². The van der Waals surface area contributed by atoms with Crippen LogP contribution in [0.15, 0.2) is 54.6 Å². The van der Waals surface area contributed by atoms with E-state index >= 15 is 4.39 Å². The van der Waals surface area contributed by atoms with Crippen LogP contribution in [0.3, 0.4) is 0 Å². The number of hydrogen-bond acceptors (Lipinski definition) is 7. The summed E-state index contributed by atoms with van der Waals surface area (Å²) in [7, 11) is 6.83. The molecule has 2 aromatic carbocycles. The Kier molecular flexibility index (Phi) is 9.60. The van der Waals surface area contributed by atoms with Gasteiger partial charge in [-0.2, -0.15) is 0 Å². The lowest BCUT2D eigenvalue weighted by atomic mass is 10.1. The van der Waals surface area contributed by atoms with Gasteiger partial charge < -0.3 is 24.5 Å². The van der Waals surface area contributed by atoms with Gasteiger partial charge in [-0.05, 0) is 54.6 Å². The molecular weight excluding hydrogens is 485 g/mol. The number of methoxy groups -OCH3 is 1. The number of hydrogen-bond donors (Lipinski definition) is 2. The number of carbonyl (C=O) groups is 1. The van der Waals surface area contributed by atoms with Gasteiger partial charge in [-0.1, -0.05) is 18.2 Å². The average molecular weight is 516 g/mol. The molecule has 0 radical (unpaired) electrons. The Morgan fingerprint density at radius 2 is 1.86 bits per heavy atom. The molecule has 0 aliphatic heterocycles. The first-order valence-corrected chi connectivity index (χ1v) is 12.2. The molecule has 192 valence electrons. The molecule has 2 N–H and O–H groups in total. The van der Waals surface area contributed by atoms with E-state index in [1.165, 1.54) is 13.1 Å². The number of nitrogens with zero attached hydrogens (tertiary/aromatic N) is 3. The predicted molar refractivity (Wildman–Crippen MR) is 140 cm³/mol. The van der Waals surface area contributed by atoms with Crippen molar-refractivity contribution >= 4 is 34.8 Å². The molecule has 0 saturated heterocycles. The summed E-state index contributed by atoms with van der Waals surface area (Å²) in [6.07, 6.45) is 0.556. The number of aldehydes is 1. The SMILES string of the molecule is CNS(=O)N(CC=O)c1c(F)cc(CNc2cccc(N(C)C)n2)cc1OCc1ccc(OC)cc1. The fraction of sp³-hybridized carbons (Fsp3) is 0.280. The van der Waals surface area contributed by atoms with Gasteiger partial charge in [-0.25, -0.2) is 18.3 Å². The molecule has 0 saturated carbocycles. The monoisotopic (exact) mass is 515 g/mol. The highest BCUT2D eigenvalue weighted by Gasteiger charge is 2.23. The maximum absolute atomic E-state index is 15.4. The summed E-state index contributed by atoms with van der Waals surface area (Å²) >= 11 is -1.85. The number of rotatable bonds is 13. The first-order chi connectivity index (χ1) is 17.4. The molecular formula is C25H30FN5O4S. The van der Waals surface area contributed by atoms with Gasteiger partial charge in [0.1, 0.15) is 41.7 Å². The number of anilines is 3. The van der Waals surface area contributed by atoms with Gasteiger partial charge in [-0.3, -0.25) is 4.31 Å². The number of aromatic nitrogens is 1. The van der Waals surface area contributed by atoms with E-state index in [1.807, 2.05) is 49.3 Å². The summed E-state index contributed by atoms with van der Waals surface area (Å²) < 4.78 is 42.8. The second-order valence-corrected chi connectivity index (χ2v) is 9.22. The summed E-state index contributed by atoms with van der Waals surface area (Å²) in [5, 5.41) is 3.19. The lowest BCUT2D eigenvalue weighted by molar-refractivity contribution is -0.106. The third-order valence-electron chi connectivity index (χ3n) is 5.17. The van der Waals surface area contributed by atoms with Crippen LogP contribution in [-0.4, -0.2) is 50.3 Å². The molecule has 1 aromatic heterocycles. The lowest BCUT2D eigenvalue weighted by Crippen LogP contribution is -2.35. The average Bonchev–Trinajstić information content (AvgIpc) is 2.89. The molecule has 1 unspecified atom stereocenters. The molecule has 0 spiro atoms. The van der Waals surface area contributed by atoms with Crippen molar-refractivity contribution in [2.75, 3.05) is 49.3 Å². The van der Waals surface area contributed by atoms with E-state index in [9.17, 15) is 9.00 Å². The first kappa shape index (κ1) is 26.9. The van der Waals surface area contributed by atoms with E-state index in [1.54, 1.807) is 25.3 Å². The molecule has 9 nitrogen and oxygen atoms in total. The number of ether oxygens (including phenoxy) is 2. The Balaban J connectivity index is 1.91. The fourth-order valence-corrected chi connectivity index (χ4v) is 4.11. The third-order valence-corrected chi connectivity index (χ3v) is 6.25. The van der Waals surface area contributed by atoms with Crippen LogP contribution in [0.2, 0.25) is 0 Å². The van der Waals surface area contributed by atoms with E-state index in [4.69, 9.17) is 9.47 Å². The Morgan fingerprint density at radius 3 is 2.50 bits per heavy atom. The number of halogens is 1. The molecule has 0 aliphatic rings. The summed E-state index contributed by atoms with van der Waals surface area (Å²) in [5.41, 5.74) is 1.34. The summed E-state index contributed by atoms with van der Waals surface area (Å²) in [6.45, 7) is 0.103. The fourth-order valence-electron chi connectivity index (χ4n) is 3.35. The number of carbonyl (C=O) groups excluding carboxylic acids is 1. The van der Waals surface area contributed by atoms with Gasteiger partial charge in [0.25, 0.3) is 0 Å². The van der Waals surface area contributed by atoms with Crippen molar-refractivity contribution < 1.29 is 22.9 Å². The van der Waals surface area contributed by atoms with E-state index in [-0.39, 0.29) is 31.1 Å². The zero-order chi connectivity index (χ0) is 26.1. The van der Waals surface area contributed by atoms with Crippen molar-refractivity contribution in [1.82, 2.24) is 9.71 Å². The largest absolute Gasteiger partial charge is 0.497 e. The van der Waals surface area contributed by atoms with Crippen molar-refractivity contribution in [1.29, 1.82) is 0 Å². The molecule has 1 atom stereocenters. The number of benzene rings is 2. The molecule has 11 heteroatoms. The van der Waals surface area contributed by atoms with E-state index < -0.39 is 17.0 Å². The third kappa shape index (κ3) is 6.92. The van der Waals surface area contributed by atoms with Gasteiger partial charge in [-0.15, -0.1) is 0 Å². The van der Waals surface area contributed by atoms with E-state index in [0.29, 0.717) is 23.4 Å². The predicted octanol–water partition coefficient (Wildman–Crippen LogP) is 3.29. The number of pyridine rings is 1. The van der Waals surface area contributed by atoms with Crippen molar-refractivity contribution in [3.05, 3.63) is 71.5 Å². The van der Waals surface area contributed by atoms with E-state index in [2.05, 4.69) is 15.0 Å². The summed E-state index contributed by atoms with van der Waals surface area (Å²) in [6, 6.07) is 15.8. The van der Waals surface area contributed by atoms with Crippen LogP contribution in [0.25, 0.3) is 0 Å². The normalized spacial score (nSPS) is 11.5. The van der Waals surface area contributed by atoms with Crippen LogP contribution < -0.4 is 28.7 Å². The summed E-state index contributed by atoms with van der Waals surface area (Å²) in [5.74, 6) is 1.60. The first-order valence-electron chi connectivity index (χ1n) is 11.1. The van der Waals surface area contributed by atoms with Crippen LogP contribution in [0.1, 0.15) is 11.1 Å². The minimum atomic E-state index is -1.85. The molecule has 1 heterocycles. The van der Waals surface area contributed by atoms with Crippen molar-refractivity contribution in [2.24, 2.45) is 0 Å². The molecule has 0 bridgehead atoms. The number of nitrogens with one attached hydrogen (secondary N) is 2. The topological polar surface area (TPSA) is 96.0 Å². The van der Waals surface area contributed by atoms with Gasteiger partial charge >= 0.3 is 0 Å². The Hall–Kier alpha value is -3.70. The second-order valence-electron chi connectivity index (χ2n) is 7.87. The molecule has 3 aromatic rings. The van der Waals surface area contributed by atoms with Crippen molar-refractivity contribution in [3.63, 3.8) is 0 Å². The standard InChI is InChI=1S/C25H30FN5O4S/c1-27-36(33)31(12-13-32)25-21(26)14-19(16-28-23-6-5-7-24(29-23)30(2)3)15-22(25)35-17-18-8-10-20(34-4)11-9-18/h5-11,13-15,27H,12,16-17H2,1-4H3,(H,28,29). The van der Waals surface area contributed by atoms with Crippen LogP contribution in [-0.2, 0) is 29.1 Å². The highest BCUT2D eigenvalue weighted by Crippen LogP contribution is 2.34. The van der Waals surface area contributed by atoms with Crippen molar-refractivity contribution in [3.8, 4) is 11.5 Å². The van der Waals surface area contributed by atoms with E-state index in [0.717, 1.165) is 15.7 Å². The highest BCUT2D eigenvalue weighted by atomic mass is 32.2. The smallest absolute Gasteiger partial charge is 0.196 e. The molecule has 0 aliphatic carbocycles. The van der Waals surface area contributed by atoms with Crippen LogP contribution in [0.5, 0.6) is 11.5 Å².